The lowest BCUT2D eigenvalue weighted by atomic mass is 10.2. The van der Waals surface area contributed by atoms with Crippen LogP contribution >= 0.6 is 0 Å². The van der Waals surface area contributed by atoms with Crippen LogP contribution in [0.25, 0.3) is 0 Å². The van der Waals surface area contributed by atoms with E-state index < -0.39 is 0 Å². The molecule has 4 aromatic heterocycles. The Morgan fingerprint density at radius 3 is 0.842 bits per heavy atom. The summed E-state index contributed by atoms with van der Waals surface area (Å²) in [5, 5.41) is 0. The SMILES string of the molecule is C(=Nc1cc(N=Cc2ccccn2)c(N=Cc2ccccn2)cc1N=Cc1ccccn1)c1ccccn1. The molecular weight excluding hydrogens is 472 g/mol. The Morgan fingerprint density at radius 1 is 0.368 bits per heavy atom. The number of hydrogen-bond donors (Lipinski definition) is 0. The molecule has 5 aromatic rings. The maximum absolute atomic E-state index is 4.69. The number of aliphatic imine (C=N–C) groups is 4. The Morgan fingerprint density at radius 2 is 0.632 bits per heavy atom. The zero-order valence-corrected chi connectivity index (χ0v) is 20.3. The smallest absolute Gasteiger partial charge is 0.0910 e. The lowest BCUT2D eigenvalue weighted by molar-refractivity contribution is 1.29. The van der Waals surface area contributed by atoms with Gasteiger partial charge >= 0.3 is 0 Å². The largest absolute Gasteiger partial charge is 0.255 e. The number of hydrogen-bond acceptors (Lipinski definition) is 8. The van der Waals surface area contributed by atoms with E-state index in [1.165, 1.54) is 0 Å². The van der Waals surface area contributed by atoms with E-state index in [2.05, 4.69) is 39.9 Å². The summed E-state index contributed by atoms with van der Waals surface area (Å²) in [6.07, 6.45) is 13.7. The van der Waals surface area contributed by atoms with Crippen LogP contribution in [0.5, 0.6) is 0 Å². The third-order valence-electron chi connectivity index (χ3n) is 5.17. The monoisotopic (exact) mass is 494 g/mol. The van der Waals surface area contributed by atoms with Crippen LogP contribution in [0.2, 0.25) is 0 Å². The van der Waals surface area contributed by atoms with Crippen molar-refractivity contribution in [1.82, 2.24) is 19.9 Å². The second kappa shape index (κ2) is 12.5. The number of benzene rings is 1. The molecule has 4 heterocycles. The van der Waals surface area contributed by atoms with Crippen molar-refractivity contribution in [3.63, 3.8) is 0 Å². The van der Waals surface area contributed by atoms with Gasteiger partial charge in [0, 0.05) is 24.8 Å². The molecule has 5 rings (SSSR count). The summed E-state index contributed by atoms with van der Waals surface area (Å²) in [6, 6.07) is 26.3. The summed E-state index contributed by atoms with van der Waals surface area (Å²) in [6.45, 7) is 0. The van der Waals surface area contributed by atoms with E-state index in [9.17, 15) is 0 Å². The van der Waals surface area contributed by atoms with Gasteiger partial charge in [-0.2, -0.15) is 0 Å². The molecule has 0 N–H and O–H groups in total. The molecule has 0 spiro atoms. The highest BCUT2D eigenvalue weighted by atomic mass is 14.9. The van der Waals surface area contributed by atoms with Crippen molar-refractivity contribution >= 4 is 47.6 Å². The van der Waals surface area contributed by atoms with Crippen LogP contribution in [0, 0.1) is 0 Å². The van der Waals surface area contributed by atoms with E-state index in [1.54, 1.807) is 49.6 Å². The fraction of sp³-hybridized carbons (Fsp3) is 0. The third-order valence-corrected chi connectivity index (χ3v) is 5.17. The molecule has 1 aromatic carbocycles. The maximum atomic E-state index is 4.69. The first-order chi connectivity index (χ1) is 18.8. The second-order valence-corrected chi connectivity index (χ2v) is 7.88. The molecule has 0 unspecified atom stereocenters. The van der Waals surface area contributed by atoms with E-state index in [1.807, 2.05) is 84.9 Å². The lowest BCUT2D eigenvalue weighted by Crippen LogP contribution is -1.87. The van der Waals surface area contributed by atoms with E-state index in [-0.39, 0.29) is 0 Å². The minimum atomic E-state index is 0.604. The highest BCUT2D eigenvalue weighted by molar-refractivity contribution is 5.91. The molecule has 0 amide bonds. The number of aromatic nitrogens is 4. The van der Waals surface area contributed by atoms with Gasteiger partial charge in [0.2, 0.25) is 0 Å². The summed E-state index contributed by atoms with van der Waals surface area (Å²) >= 11 is 0. The molecule has 0 bridgehead atoms. The van der Waals surface area contributed by atoms with Crippen LogP contribution in [0.15, 0.2) is 130 Å². The molecule has 0 aliphatic carbocycles. The van der Waals surface area contributed by atoms with Crippen molar-refractivity contribution in [1.29, 1.82) is 0 Å². The Balaban J connectivity index is 1.60. The van der Waals surface area contributed by atoms with Crippen LogP contribution in [0.1, 0.15) is 22.8 Å². The second-order valence-electron chi connectivity index (χ2n) is 7.88. The average molecular weight is 495 g/mol. The third kappa shape index (κ3) is 6.79. The van der Waals surface area contributed by atoms with Crippen molar-refractivity contribution in [3.8, 4) is 0 Å². The highest BCUT2D eigenvalue weighted by Gasteiger charge is 2.09. The van der Waals surface area contributed by atoms with Gasteiger partial charge in [0.25, 0.3) is 0 Å². The number of nitrogens with zero attached hydrogens (tertiary/aromatic N) is 8. The predicted octanol–water partition coefficient (Wildman–Crippen LogP) is 6.27. The Hall–Kier alpha value is -5.50. The zero-order chi connectivity index (χ0) is 25.8. The van der Waals surface area contributed by atoms with Gasteiger partial charge in [-0.3, -0.25) is 39.9 Å². The van der Waals surface area contributed by atoms with Gasteiger partial charge < -0.3 is 0 Å². The van der Waals surface area contributed by atoms with Gasteiger partial charge in [-0.15, -0.1) is 0 Å². The maximum Gasteiger partial charge on any atom is 0.0910 e. The van der Waals surface area contributed by atoms with E-state index >= 15 is 0 Å². The van der Waals surface area contributed by atoms with Gasteiger partial charge in [0.1, 0.15) is 0 Å². The fourth-order valence-corrected chi connectivity index (χ4v) is 3.32. The molecule has 0 aliphatic rings. The zero-order valence-electron chi connectivity index (χ0n) is 20.3. The normalized spacial score (nSPS) is 11.8. The Kier molecular flexibility index (Phi) is 7.94. The molecule has 8 heteroatoms. The first kappa shape index (κ1) is 24.2. The Bertz CT molecular complexity index is 1340. The van der Waals surface area contributed by atoms with Gasteiger partial charge in [-0.25, -0.2) is 0 Å². The number of pyridine rings is 4. The minimum Gasteiger partial charge on any atom is -0.255 e. The van der Waals surface area contributed by atoms with Crippen molar-refractivity contribution in [3.05, 3.63) is 132 Å². The highest BCUT2D eigenvalue weighted by Crippen LogP contribution is 2.40. The van der Waals surface area contributed by atoms with Gasteiger partial charge in [-0.05, 0) is 60.7 Å². The minimum absolute atomic E-state index is 0.604. The summed E-state index contributed by atoms with van der Waals surface area (Å²) < 4.78 is 0. The van der Waals surface area contributed by atoms with Crippen LogP contribution < -0.4 is 0 Å². The van der Waals surface area contributed by atoms with Crippen molar-refractivity contribution in [2.75, 3.05) is 0 Å². The quantitative estimate of drug-likeness (QED) is 0.237. The summed E-state index contributed by atoms with van der Waals surface area (Å²) in [5.74, 6) is 0. The fourth-order valence-electron chi connectivity index (χ4n) is 3.32. The molecule has 0 radical (unpaired) electrons. The summed E-state index contributed by atoms with van der Waals surface area (Å²) in [5.41, 5.74) is 5.32. The standard InChI is InChI=1S/C30H22N8/c1-5-13-31-23(9-1)19-35-27-17-29(37-21-25-11-3-7-15-33-25)30(38-22-26-12-4-8-16-34-26)18-28(27)36-20-24-10-2-6-14-32-24/h1-22H. The lowest BCUT2D eigenvalue weighted by Gasteiger charge is -2.07. The predicted molar refractivity (Wildman–Crippen MR) is 152 cm³/mol. The first-order valence-corrected chi connectivity index (χ1v) is 11.8. The molecule has 0 saturated heterocycles. The summed E-state index contributed by atoms with van der Waals surface area (Å²) in [7, 11) is 0. The van der Waals surface area contributed by atoms with Crippen LogP contribution in [0.3, 0.4) is 0 Å². The topological polar surface area (TPSA) is 101 Å². The van der Waals surface area contributed by atoms with E-state index in [0.29, 0.717) is 22.7 Å². The van der Waals surface area contributed by atoms with Crippen molar-refractivity contribution in [2.45, 2.75) is 0 Å². The van der Waals surface area contributed by atoms with Crippen molar-refractivity contribution in [2.24, 2.45) is 20.0 Å². The van der Waals surface area contributed by atoms with Crippen LogP contribution in [-0.4, -0.2) is 44.8 Å². The van der Waals surface area contributed by atoms with Gasteiger partial charge in [0.15, 0.2) is 0 Å². The van der Waals surface area contributed by atoms with Crippen LogP contribution in [0.4, 0.5) is 22.7 Å². The van der Waals surface area contributed by atoms with Gasteiger partial charge in [-0.1, -0.05) is 24.3 Å². The average Bonchev–Trinajstić information content (AvgIpc) is 2.99. The molecule has 38 heavy (non-hydrogen) atoms. The molecular formula is C30H22N8. The molecule has 0 aliphatic heterocycles. The van der Waals surface area contributed by atoms with Crippen LogP contribution in [-0.2, 0) is 0 Å². The molecule has 8 nitrogen and oxygen atoms in total. The van der Waals surface area contributed by atoms with Gasteiger partial charge in [0.05, 0.1) is 70.4 Å². The van der Waals surface area contributed by atoms with E-state index in [0.717, 1.165) is 22.8 Å². The van der Waals surface area contributed by atoms with Crippen molar-refractivity contribution < 1.29 is 0 Å². The molecule has 0 atom stereocenters. The molecule has 182 valence electrons. The molecule has 0 fully saturated rings. The van der Waals surface area contributed by atoms with E-state index in [4.69, 9.17) is 0 Å². The number of rotatable bonds is 8. The summed E-state index contributed by atoms with van der Waals surface area (Å²) in [4.78, 5) is 36.1. The Labute approximate surface area is 220 Å². The first-order valence-electron chi connectivity index (χ1n) is 11.8. The molecule has 0 saturated carbocycles.